The van der Waals surface area contributed by atoms with Crippen molar-refractivity contribution in [1.82, 2.24) is 19.5 Å². The molecule has 6 nitrogen and oxygen atoms in total. The van der Waals surface area contributed by atoms with E-state index in [9.17, 15) is 0 Å². The van der Waals surface area contributed by atoms with E-state index in [4.69, 9.17) is 5.26 Å². The Kier molecular flexibility index (Phi) is 3.94. The third-order valence-electron chi connectivity index (χ3n) is 3.97. The van der Waals surface area contributed by atoms with Crippen LogP contribution in [0.4, 0.5) is 11.5 Å². The maximum Gasteiger partial charge on any atom is 0.134 e. The van der Waals surface area contributed by atoms with E-state index in [1.165, 1.54) is 0 Å². The predicted molar refractivity (Wildman–Crippen MR) is 89.5 cm³/mol. The first-order valence-electron chi connectivity index (χ1n) is 7.49. The Hall–Kier alpha value is -2.94. The van der Waals surface area contributed by atoms with Crippen molar-refractivity contribution in [3.05, 3.63) is 42.1 Å². The number of anilines is 2. The van der Waals surface area contributed by atoms with Crippen molar-refractivity contribution in [3.63, 3.8) is 0 Å². The van der Waals surface area contributed by atoms with Crippen LogP contribution in [0.5, 0.6) is 0 Å². The molecule has 0 spiro atoms. The van der Waals surface area contributed by atoms with Crippen molar-refractivity contribution in [2.45, 2.75) is 19.8 Å². The molecule has 23 heavy (non-hydrogen) atoms. The summed E-state index contributed by atoms with van der Waals surface area (Å²) >= 11 is 0. The summed E-state index contributed by atoms with van der Waals surface area (Å²) in [5.41, 5.74) is 4.87. The molecule has 0 unspecified atom stereocenters. The van der Waals surface area contributed by atoms with Gasteiger partial charge in [-0.1, -0.05) is 6.92 Å². The van der Waals surface area contributed by atoms with Gasteiger partial charge in [0.2, 0.25) is 0 Å². The summed E-state index contributed by atoms with van der Waals surface area (Å²) in [7, 11) is 3.94. The minimum absolute atomic E-state index is 0.330. The lowest BCUT2D eigenvalue weighted by Gasteiger charge is -2.21. The van der Waals surface area contributed by atoms with Gasteiger partial charge in [-0.25, -0.2) is 9.97 Å². The topological polar surface area (TPSA) is 70.6 Å². The number of hydrogen-bond acceptors (Lipinski definition) is 5. The third-order valence-corrected chi connectivity index (χ3v) is 3.97. The highest BCUT2D eigenvalue weighted by molar-refractivity contribution is 5.79. The molecule has 0 bridgehead atoms. The summed E-state index contributed by atoms with van der Waals surface area (Å²) in [6.07, 6.45) is 6.58. The highest BCUT2D eigenvalue weighted by Gasteiger charge is 2.13. The summed E-state index contributed by atoms with van der Waals surface area (Å²) in [5, 5.41) is 8.83. The number of rotatable bonds is 4. The van der Waals surface area contributed by atoms with Crippen molar-refractivity contribution in [2.24, 2.45) is 7.05 Å². The van der Waals surface area contributed by atoms with Gasteiger partial charge in [0.05, 0.1) is 48.1 Å². The van der Waals surface area contributed by atoms with Gasteiger partial charge in [-0.15, -0.1) is 0 Å². The fourth-order valence-electron chi connectivity index (χ4n) is 2.63. The van der Waals surface area contributed by atoms with Gasteiger partial charge in [0.1, 0.15) is 11.3 Å². The molecule has 3 rings (SSSR count). The van der Waals surface area contributed by atoms with Crippen molar-refractivity contribution >= 4 is 22.5 Å². The van der Waals surface area contributed by atoms with Gasteiger partial charge in [0.25, 0.3) is 0 Å². The lowest BCUT2D eigenvalue weighted by molar-refractivity contribution is 0.946. The number of nitriles is 1. The Morgan fingerprint density at radius 3 is 2.78 bits per heavy atom. The van der Waals surface area contributed by atoms with Crippen molar-refractivity contribution in [2.75, 3.05) is 11.9 Å². The van der Waals surface area contributed by atoms with Crippen molar-refractivity contribution in [1.29, 1.82) is 5.26 Å². The van der Waals surface area contributed by atoms with E-state index in [0.717, 1.165) is 40.2 Å². The standard InChI is InChI=1S/C17H18N6/c1-4-12-7-13(5-6-18)19-10-16(12)23(3)17-8-15-14(9-20-17)21-11-22(15)2/h7-11H,4-5H2,1-3H3. The minimum Gasteiger partial charge on any atom is -0.334 e. The molecule has 0 aromatic carbocycles. The van der Waals surface area contributed by atoms with Gasteiger partial charge in [0.15, 0.2) is 0 Å². The average Bonchev–Trinajstić information content (AvgIpc) is 2.95. The largest absolute Gasteiger partial charge is 0.334 e. The molecule has 0 aliphatic carbocycles. The number of fused-ring (bicyclic) bond motifs is 1. The second-order valence-corrected chi connectivity index (χ2v) is 5.44. The van der Waals surface area contributed by atoms with Gasteiger partial charge in [-0.2, -0.15) is 5.26 Å². The van der Waals surface area contributed by atoms with Crippen LogP contribution in [0.15, 0.2) is 30.9 Å². The van der Waals surface area contributed by atoms with Crippen molar-refractivity contribution in [3.8, 4) is 6.07 Å². The zero-order chi connectivity index (χ0) is 16.4. The lowest BCUT2D eigenvalue weighted by Crippen LogP contribution is -2.14. The second-order valence-electron chi connectivity index (χ2n) is 5.44. The third kappa shape index (κ3) is 2.73. The van der Waals surface area contributed by atoms with Gasteiger partial charge < -0.3 is 9.47 Å². The minimum atomic E-state index is 0.330. The Bertz CT molecular complexity index is 890. The molecule has 0 aliphatic rings. The summed E-state index contributed by atoms with van der Waals surface area (Å²) in [4.78, 5) is 15.2. The fourth-order valence-corrected chi connectivity index (χ4v) is 2.63. The molecule has 0 radical (unpaired) electrons. The molecule has 0 saturated carbocycles. The van der Waals surface area contributed by atoms with Crippen LogP contribution in [-0.2, 0) is 19.9 Å². The van der Waals surface area contributed by atoms with E-state index in [2.05, 4.69) is 27.9 Å². The SMILES string of the molecule is CCc1cc(CC#N)ncc1N(C)c1cc2c(cn1)ncn2C. The van der Waals surface area contributed by atoms with Gasteiger partial charge in [-0.3, -0.25) is 4.98 Å². The molecule has 0 N–H and O–H groups in total. The summed E-state index contributed by atoms with van der Waals surface area (Å²) in [6, 6.07) is 6.16. The maximum atomic E-state index is 8.83. The second kappa shape index (κ2) is 6.05. The van der Waals surface area contributed by atoms with Gasteiger partial charge >= 0.3 is 0 Å². The van der Waals surface area contributed by atoms with Crippen LogP contribution in [-0.4, -0.2) is 26.6 Å². The molecule has 0 amide bonds. The van der Waals surface area contributed by atoms with E-state index < -0.39 is 0 Å². The lowest BCUT2D eigenvalue weighted by atomic mass is 10.1. The van der Waals surface area contributed by atoms with E-state index in [1.807, 2.05) is 41.9 Å². The maximum absolute atomic E-state index is 8.83. The molecule has 3 aromatic rings. The number of pyridine rings is 2. The van der Waals surface area contributed by atoms with Gasteiger partial charge in [0, 0.05) is 20.2 Å². The zero-order valence-corrected chi connectivity index (χ0v) is 13.5. The van der Waals surface area contributed by atoms with Crippen LogP contribution < -0.4 is 4.90 Å². The molecular formula is C17H18N6. The summed E-state index contributed by atoms with van der Waals surface area (Å²) in [6.45, 7) is 2.10. The molecule has 0 atom stereocenters. The summed E-state index contributed by atoms with van der Waals surface area (Å²) < 4.78 is 1.98. The summed E-state index contributed by atoms with van der Waals surface area (Å²) in [5.74, 6) is 0.839. The van der Waals surface area contributed by atoms with Crippen molar-refractivity contribution < 1.29 is 0 Å². The number of aryl methyl sites for hydroxylation is 2. The predicted octanol–water partition coefficient (Wildman–Crippen LogP) is 2.76. The first-order valence-corrected chi connectivity index (χ1v) is 7.49. The smallest absolute Gasteiger partial charge is 0.134 e. The van der Waals surface area contributed by atoms with Crippen LogP contribution in [0.3, 0.4) is 0 Å². The normalized spacial score (nSPS) is 10.7. The number of imidazole rings is 1. The Labute approximate surface area is 135 Å². The molecule has 0 saturated heterocycles. The molecular weight excluding hydrogens is 288 g/mol. The highest BCUT2D eigenvalue weighted by Crippen LogP contribution is 2.27. The Morgan fingerprint density at radius 2 is 2.04 bits per heavy atom. The average molecular weight is 306 g/mol. The first kappa shape index (κ1) is 15.0. The highest BCUT2D eigenvalue weighted by atomic mass is 15.2. The monoisotopic (exact) mass is 306 g/mol. The first-order chi connectivity index (χ1) is 11.1. The molecule has 3 heterocycles. The number of hydrogen-bond donors (Lipinski definition) is 0. The van der Waals surface area contributed by atoms with E-state index in [-0.39, 0.29) is 0 Å². The quantitative estimate of drug-likeness (QED) is 0.741. The molecule has 0 aliphatic heterocycles. The molecule has 116 valence electrons. The van der Waals surface area contributed by atoms with E-state index in [1.54, 1.807) is 12.5 Å². The van der Waals surface area contributed by atoms with Crippen LogP contribution >= 0.6 is 0 Å². The van der Waals surface area contributed by atoms with Crippen LogP contribution in [0.1, 0.15) is 18.2 Å². The molecule has 6 heteroatoms. The number of aromatic nitrogens is 4. The number of nitrogens with zero attached hydrogens (tertiary/aromatic N) is 6. The molecule has 3 aromatic heterocycles. The Morgan fingerprint density at radius 1 is 1.22 bits per heavy atom. The van der Waals surface area contributed by atoms with E-state index >= 15 is 0 Å². The van der Waals surface area contributed by atoms with Gasteiger partial charge in [-0.05, 0) is 18.1 Å². The molecule has 0 fully saturated rings. The van der Waals surface area contributed by atoms with Crippen LogP contribution in [0.25, 0.3) is 11.0 Å². The zero-order valence-electron chi connectivity index (χ0n) is 13.5. The Balaban J connectivity index is 2.02. The van der Waals surface area contributed by atoms with E-state index in [0.29, 0.717) is 6.42 Å². The fraction of sp³-hybridized carbons (Fsp3) is 0.294. The van der Waals surface area contributed by atoms with Crippen LogP contribution in [0.2, 0.25) is 0 Å². The van der Waals surface area contributed by atoms with Crippen LogP contribution in [0, 0.1) is 11.3 Å².